The lowest BCUT2D eigenvalue weighted by Gasteiger charge is -2.38. The highest BCUT2D eigenvalue weighted by molar-refractivity contribution is 5.89. The van der Waals surface area contributed by atoms with Gasteiger partial charge in [-0.3, -0.25) is 4.79 Å². The summed E-state index contributed by atoms with van der Waals surface area (Å²) in [5.41, 5.74) is -0.539. The number of aliphatic hydroxyl groups is 3. The van der Waals surface area contributed by atoms with Gasteiger partial charge in [-0.05, 0) is 24.3 Å². The normalized spacial score (nSPS) is 25.1. The van der Waals surface area contributed by atoms with Crippen LogP contribution in [0.3, 0.4) is 0 Å². The number of ether oxygens (including phenoxy) is 2. The molecule has 2 aromatic carbocycles. The molecule has 3 aromatic rings. The Bertz CT molecular complexity index is 1260. The van der Waals surface area contributed by atoms with Gasteiger partial charge in [0, 0.05) is 17.7 Å². The summed E-state index contributed by atoms with van der Waals surface area (Å²) in [5, 5.41) is 68.6. The van der Waals surface area contributed by atoms with Gasteiger partial charge in [0.1, 0.15) is 40.8 Å². The van der Waals surface area contributed by atoms with Crippen LogP contribution in [0.25, 0.3) is 22.3 Å². The molecule has 12 nitrogen and oxygen atoms in total. The predicted molar refractivity (Wildman–Crippen MR) is 108 cm³/mol. The Labute approximate surface area is 183 Å². The average Bonchev–Trinajstić information content (AvgIpc) is 2.77. The molecule has 2 unspecified atom stereocenters. The zero-order chi connectivity index (χ0) is 24.0. The van der Waals surface area contributed by atoms with Crippen LogP contribution in [0.1, 0.15) is 0 Å². The first-order valence-corrected chi connectivity index (χ1v) is 9.49. The highest BCUT2D eigenvalue weighted by Crippen LogP contribution is 2.42. The van der Waals surface area contributed by atoms with Crippen LogP contribution in [-0.4, -0.2) is 72.4 Å². The van der Waals surface area contributed by atoms with Gasteiger partial charge in [-0.2, -0.15) is 0 Å². The van der Waals surface area contributed by atoms with Crippen molar-refractivity contribution in [2.45, 2.75) is 30.7 Å². The third kappa shape index (κ3) is 3.91. The summed E-state index contributed by atoms with van der Waals surface area (Å²) in [5.74, 6) is -4.01. The molecule has 1 saturated heterocycles. The second kappa shape index (κ2) is 8.26. The van der Waals surface area contributed by atoms with E-state index in [2.05, 4.69) is 0 Å². The number of hydrogen-bond donors (Lipinski definition) is 7. The molecule has 0 spiro atoms. The number of aromatic hydroxyl groups is 3. The maximum atomic E-state index is 12.6. The molecule has 0 radical (unpaired) electrons. The summed E-state index contributed by atoms with van der Waals surface area (Å²) in [6.07, 6.45) is -9.67. The molecule has 4 rings (SSSR count). The van der Waals surface area contributed by atoms with Crippen molar-refractivity contribution in [3.8, 4) is 34.3 Å². The third-order valence-corrected chi connectivity index (χ3v) is 5.14. The van der Waals surface area contributed by atoms with E-state index in [0.29, 0.717) is 5.56 Å². The maximum Gasteiger partial charge on any atom is 0.335 e. The molecule has 5 atom stereocenters. The van der Waals surface area contributed by atoms with Crippen molar-refractivity contribution >= 4 is 16.9 Å². The van der Waals surface area contributed by atoms with Gasteiger partial charge >= 0.3 is 5.97 Å². The van der Waals surface area contributed by atoms with Crippen molar-refractivity contribution in [3.63, 3.8) is 0 Å². The summed E-state index contributed by atoms with van der Waals surface area (Å²) in [7, 11) is 0. The van der Waals surface area contributed by atoms with E-state index < -0.39 is 59.4 Å². The van der Waals surface area contributed by atoms with Gasteiger partial charge < -0.3 is 49.6 Å². The topological polar surface area (TPSA) is 207 Å². The largest absolute Gasteiger partial charge is 0.508 e. The third-order valence-electron chi connectivity index (χ3n) is 5.14. The molecule has 2 heterocycles. The number of carboxylic acid groups (broad SMARTS) is 1. The van der Waals surface area contributed by atoms with Gasteiger partial charge in [-0.15, -0.1) is 0 Å². The molecule has 0 amide bonds. The molecular weight excluding hydrogens is 444 g/mol. The molecule has 174 valence electrons. The lowest BCUT2D eigenvalue weighted by molar-refractivity contribution is -0.271. The Kier molecular flexibility index (Phi) is 5.59. The Morgan fingerprint density at radius 2 is 1.58 bits per heavy atom. The van der Waals surface area contributed by atoms with Gasteiger partial charge in [0.15, 0.2) is 23.0 Å². The molecule has 0 bridgehead atoms. The molecule has 1 fully saturated rings. The van der Waals surface area contributed by atoms with Crippen molar-refractivity contribution in [3.05, 3.63) is 46.6 Å². The molecule has 1 aliphatic rings. The van der Waals surface area contributed by atoms with E-state index in [1.807, 2.05) is 0 Å². The van der Waals surface area contributed by atoms with Crippen molar-refractivity contribution < 1.29 is 54.4 Å². The van der Waals surface area contributed by atoms with Crippen LogP contribution in [0.4, 0.5) is 0 Å². The standard InChI is InChI=1S/C21H18O12/c22-8-3-1-7(2-4-8)10-5-9(23)13-11(31-10)6-12(14(24)15(13)25)32-21-18(28)16(26)17(27)19(33-21)20(29)30/h1-6,16-19,21-22,24-28H,(H,29,30)/t16-,17-,18?,19?,21+/m0/s1. The first-order chi connectivity index (χ1) is 15.6. The quantitative estimate of drug-likeness (QED) is 0.253. The monoisotopic (exact) mass is 462 g/mol. The molecule has 0 aliphatic carbocycles. The number of phenolic OH excluding ortho intramolecular Hbond substituents is 3. The number of rotatable bonds is 4. The van der Waals surface area contributed by atoms with Gasteiger partial charge in [0.2, 0.25) is 12.0 Å². The maximum absolute atomic E-state index is 12.6. The van der Waals surface area contributed by atoms with Crippen LogP contribution in [-0.2, 0) is 9.53 Å². The summed E-state index contributed by atoms with van der Waals surface area (Å²) in [6.45, 7) is 0. The Morgan fingerprint density at radius 1 is 0.909 bits per heavy atom. The number of phenols is 3. The van der Waals surface area contributed by atoms with Crippen LogP contribution in [0.2, 0.25) is 0 Å². The Morgan fingerprint density at radius 3 is 2.21 bits per heavy atom. The molecule has 0 saturated carbocycles. The van der Waals surface area contributed by atoms with E-state index in [4.69, 9.17) is 19.0 Å². The minimum atomic E-state index is -1.96. The van der Waals surface area contributed by atoms with Crippen LogP contribution < -0.4 is 10.2 Å². The Balaban J connectivity index is 1.76. The SMILES string of the molecule is O=C(O)C1O[C@@H](Oc2cc3oc(-c4ccc(O)cc4)cc(=O)c3c(O)c2O)C(O)[C@@H](O)[C@@H]1O. The summed E-state index contributed by atoms with van der Waals surface area (Å²) < 4.78 is 15.9. The zero-order valence-electron chi connectivity index (χ0n) is 16.5. The smallest absolute Gasteiger partial charge is 0.335 e. The van der Waals surface area contributed by atoms with E-state index in [1.165, 1.54) is 24.3 Å². The van der Waals surface area contributed by atoms with E-state index in [0.717, 1.165) is 12.1 Å². The van der Waals surface area contributed by atoms with Crippen LogP contribution in [0, 0.1) is 0 Å². The Hall–Kier alpha value is -3.84. The van der Waals surface area contributed by atoms with E-state index in [-0.39, 0.29) is 22.5 Å². The fraction of sp³-hybridized carbons (Fsp3) is 0.238. The molecular formula is C21H18O12. The molecule has 7 N–H and O–H groups in total. The van der Waals surface area contributed by atoms with Crippen molar-refractivity contribution in [1.82, 2.24) is 0 Å². The minimum Gasteiger partial charge on any atom is -0.508 e. The summed E-state index contributed by atoms with van der Waals surface area (Å²) >= 11 is 0. The van der Waals surface area contributed by atoms with Crippen LogP contribution >= 0.6 is 0 Å². The zero-order valence-corrected chi connectivity index (χ0v) is 16.5. The fourth-order valence-corrected chi connectivity index (χ4v) is 3.40. The number of carboxylic acids is 1. The first kappa shape index (κ1) is 22.4. The number of aliphatic carboxylic acids is 1. The van der Waals surface area contributed by atoms with Gasteiger partial charge in [-0.1, -0.05) is 0 Å². The average molecular weight is 462 g/mol. The highest BCUT2D eigenvalue weighted by Gasteiger charge is 2.48. The molecule has 12 heteroatoms. The number of benzene rings is 2. The molecule has 1 aromatic heterocycles. The lowest BCUT2D eigenvalue weighted by Crippen LogP contribution is -2.61. The molecule has 1 aliphatic heterocycles. The highest BCUT2D eigenvalue weighted by atomic mass is 16.7. The first-order valence-electron chi connectivity index (χ1n) is 9.49. The van der Waals surface area contributed by atoms with Crippen molar-refractivity contribution in [1.29, 1.82) is 0 Å². The van der Waals surface area contributed by atoms with Crippen molar-refractivity contribution in [2.24, 2.45) is 0 Å². The predicted octanol–water partition coefficient (Wildman–Crippen LogP) is -0.152. The summed E-state index contributed by atoms with van der Waals surface area (Å²) in [6, 6.07) is 7.74. The fourth-order valence-electron chi connectivity index (χ4n) is 3.40. The lowest BCUT2D eigenvalue weighted by atomic mass is 9.99. The van der Waals surface area contributed by atoms with Gasteiger partial charge in [0.25, 0.3) is 0 Å². The van der Waals surface area contributed by atoms with Crippen LogP contribution in [0.15, 0.2) is 45.6 Å². The van der Waals surface area contributed by atoms with Gasteiger partial charge in [-0.25, -0.2) is 4.79 Å². The van der Waals surface area contributed by atoms with Gasteiger partial charge in [0.05, 0.1) is 0 Å². The second-order valence-corrected chi connectivity index (χ2v) is 7.32. The minimum absolute atomic E-state index is 0.0156. The van der Waals surface area contributed by atoms with E-state index in [1.54, 1.807) is 0 Å². The summed E-state index contributed by atoms with van der Waals surface area (Å²) in [4.78, 5) is 23.8. The number of carbonyl (C=O) groups is 1. The molecule has 33 heavy (non-hydrogen) atoms. The van der Waals surface area contributed by atoms with Crippen molar-refractivity contribution in [2.75, 3.05) is 0 Å². The van der Waals surface area contributed by atoms with Crippen LogP contribution in [0.5, 0.6) is 23.0 Å². The van der Waals surface area contributed by atoms with E-state index in [9.17, 15) is 40.2 Å². The number of fused-ring (bicyclic) bond motifs is 1. The van der Waals surface area contributed by atoms with E-state index >= 15 is 0 Å². The number of hydrogen-bond acceptors (Lipinski definition) is 11. The second-order valence-electron chi connectivity index (χ2n) is 7.32. The number of aliphatic hydroxyl groups excluding tert-OH is 3.